The van der Waals surface area contributed by atoms with Gasteiger partial charge in [0.15, 0.2) is 6.10 Å². The van der Waals surface area contributed by atoms with E-state index in [4.69, 9.17) is 18.5 Å². The average molecular weight is 1040 g/mol. The summed E-state index contributed by atoms with van der Waals surface area (Å²) in [5.74, 6) is -0.824. The summed E-state index contributed by atoms with van der Waals surface area (Å²) in [4.78, 5) is 37.9. The van der Waals surface area contributed by atoms with Gasteiger partial charge < -0.3 is 27.9 Å². The predicted octanol–water partition coefficient (Wildman–Crippen LogP) is 19.0. The highest BCUT2D eigenvalue weighted by atomic mass is 31.2. The van der Waals surface area contributed by atoms with Gasteiger partial charge in [0.2, 0.25) is 0 Å². The lowest BCUT2D eigenvalue weighted by Gasteiger charge is -2.28. The molecule has 2 atom stereocenters. The minimum atomic E-state index is -4.63. The van der Waals surface area contributed by atoms with Gasteiger partial charge in [-0.25, -0.2) is 0 Å². The van der Waals surface area contributed by atoms with Crippen LogP contribution in [0.2, 0.25) is 0 Å². The molecule has 0 amide bonds. The molecule has 0 aliphatic heterocycles. The molecule has 0 fully saturated rings. The van der Waals surface area contributed by atoms with Crippen LogP contribution >= 0.6 is 7.82 Å². The quantitative estimate of drug-likeness (QED) is 0.0195. The van der Waals surface area contributed by atoms with Gasteiger partial charge in [0.1, 0.15) is 19.8 Å². The Morgan fingerprint density at radius 2 is 0.708 bits per heavy atom. The zero-order chi connectivity index (χ0) is 52.7. The van der Waals surface area contributed by atoms with Crippen LogP contribution in [0.1, 0.15) is 322 Å². The van der Waals surface area contributed by atoms with Crippen molar-refractivity contribution in [1.29, 1.82) is 0 Å². The van der Waals surface area contributed by atoms with Gasteiger partial charge >= 0.3 is 11.9 Å². The highest BCUT2D eigenvalue weighted by Crippen LogP contribution is 2.38. The van der Waals surface area contributed by atoms with Crippen molar-refractivity contribution >= 4 is 19.8 Å². The van der Waals surface area contributed by atoms with E-state index in [0.29, 0.717) is 17.4 Å². The number of quaternary nitrogens is 1. The number of phosphoric ester groups is 1. The van der Waals surface area contributed by atoms with Crippen molar-refractivity contribution in [2.45, 2.75) is 328 Å². The molecule has 0 radical (unpaired) electrons. The normalized spacial score (nSPS) is 13.2. The molecule has 2 unspecified atom stereocenters. The van der Waals surface area contributed by atoms with Gasteiger partial charge in [-0.1, -0.05) is 283 Å². The second-order valence-corrected chi connectivity index (χ2v) is 24.2. The van der Waals surface area contributed by atoms with Gasteiger partial charge in [-0.05, 0) is 38.5 Å². The molecular weight excluding hydrogens is 918 g/mol. The van der Waals surface area contributed by atoms with Crippen LogP contribution in [0, 0.1) is 0 Å². The molecule has 0 spiro atoms. The fourth-order valence-electron chi connectivity index (χ4n) is 9.42. The lowest BCUT2D eigenvalue weighted by Crippen LogP contribution is -2.37. The molecule has 0 saturated carbocycles. The van der Waals surface area contributed by atoms with Gasteiger partial charge in [0.05, 0.1) is 27.7 Å². The van der Waals surface area contributed by atoms with Gasteiger partial charge in [-0.15, -0.1) is 0 Å². The number of carbonyl (C=O) groups excluding carboxylic acids is 2. The molecule has 72 heavy (non-hydrogen) atoms. The van der Waals surface area contributed by atoms with Crippen molar-refractivity contribution in [3.63, 3.8) is 0 Å². The molecule has 0 heterocycles. The number of phosphoric acid groups is 1. The zero-order valence-electron chi connectivity index (χ0n) is 48.7. The molecule has 0 saturated heterocycles. The van der Waals surface area contributed by atoms with Crippen molar-refractivity contribution in [2.24, 2.45) is 0 Å². The Bertz CT molecular complexity index is 1220. The molecule has 0 aromatic heterocycles. The Kier molecular flexibility index (Phi) is 53.6. The molecule has 0 bridgehead atoms. The summed E-state index contributed by atoms with van der Waals surface area (Å²) in [6, 6.07) is 0. The van der Waals surface area contributed by atoms with E-state index in [1.807, 2.05) is 21.1 Å². The number of hydrogen-bond acceptors (Lipinski definition) is 8. The molecule has 0 rings (SSSR count). The van der Waals surface area contributed by atoms with Gasteiger partial charge in [-0.3, -0.25) is 14.2 Å². The first-order valence-corrected chi connectivity index (χ1v) is 32.9. The van der Waals surface area contributed by atoms with Crippen LogP contribution < -0.4 is 4.89 Å². The summed E-state index contributed by atoms with van der Waals surface area (Å²) in [6.45, 7) is 4.29. The molecule has 0 N–H and O–H groups in total. The minimum Gasteiger partial charge on any atom is -0.756 e. The highest BCUT2D eigenvalue weighted by Gasteiger charge is 2.22. The maximum Gasteiger partial charge on any atom is 0.306 e. The van der Waals surface area contributed by atoms with E-state index >= 15 is 0 Å². The molecule has 10 heteroatoms. The second kappa shape index (κ2) is 54.5. The first-order valence-electron chi connectivity index (χ1n) is 31.4. The van der Waals surface area contributed by atoms with E-state index in [2.05, 4.69) is 26.0 Å². The van der Waals surface area contributed by atoms with Crippen molar-refractivity contribution in [1.82, 2.24) is 0 Å². The summed E-state index contributed by atoms with van der Waals surface area (Å²) in [5.41, 5.74) is 0. The van der Waals surface area contributed by atoms with Gasteiger partial charge in [0, 0.05) is 12.8 Å². The van der Waals surface area contributed by atoms with Crippen LogP contribution in [-0.4, -0.2) is 70.0 Å². The first-order chi connectivity index (χ1) is 35.0. The summed E-state index contributed by atoms with van der Waals surface area (Å²) in [7, 11) is 1.18. The summed E-state index contributed by atoms with van der Waals surface area (Å²) in [6.07, 6.45) is 64.3. The first kappa shape index (κ1) is 70.8. The third-order valence-electron chi connectivity index (χ3n) is 14.3. The van der Waals surface area contributed by atoms with Crippen molar-refractivity contribution in [3.05, 3.63) is 12.2 Å². The maximum atomic E-state index is 12.8. The molecule has 428 valence electrons. The van der Waals surface area contributed by atoms with Crippen LogP contribution in [-0.2, 0) is 32.7 Å². The second-order valence-electron chi connectivity index (χ2n) is 22.8. The Morgan fingerprint density at radius 1 is 0.417 bits per heavy atom. The summed E-state index contributed by atoms with van der Waals surface area (Å²) >= 11 is 0. The lowest BCUT2D eigenvalue weighted by atomic mass is 10.0. The summed E-state index contributed by atoms with van der Waals surface area (Å²) < 4.78 is 34.2. The average Bonchev–Trinajstić information content (AvgIpc) is 3.34. The van der Waals surface area contributed by atoms with Crippen molar-refractivity contribution in [2.75, 3.05) is 47.5 Å². The Morgan fingerprint density at radius 3 is 1.03 bits per heavy atom. The number of ether oxygens (including phenoxy) is 2. The number of likely N-dealkylation sites (N-methyl/N-ethyl adjacent to an activating group) is 1. The van der Waals surface area contributed by atoms with Crippen LogP contribution in [0.3, 0.4) is 0 Å². The Labute approximate surface area is 447 Å². The number of hydrogen-bond donors (Lipinski definition) is 0. The largest absolute Gasteiger partial charge is 0.756 e. The SMILES string of the molecule is CCCCCCCCC/C=C\CCCCCCCC(=O)OC(COC(=O)CCCCCCCCCCCCCCCCCCCCCCCCCCCCCCCCCC)COP(=O)([O-])OCC[N+](C)(C)C. The van der Waals surface area contributed by atoms with Crippen LogP contribution in [0.15, 0.2) is 12.2 Å². The van der Waals surface area contributed by atoms with Gasteiger partial charge in [-0.2, -0.15) is 0 Å². The van der Waals surface area contributed by atoms with Crippen molar-refractivity contribution in [3.8, 4) is 0 Å². The molecule has 0 aromatic rings. The van der Waals surface area contributed by atoms with Gasteiger partial charge in [0.25, 0.3) is 7.82 Å². The fraction of sp³-hybridized carbons (Fsp3) is 0.935. The fourth-order valence-corrected chi connectivity index (χ4v) is 10.1. The van der Waals surface area contributed by atoms with Crippen LogP contribution in [0.25, 0.3) is 0 Å². The number of unbranched alkanes of at least 4 members (excludes halogenated alkanes) is 43. The zero-order valence-corrected chi connectivity index (χ0v) is 49.6. The van der Waals surface area contributed by atoms with Crippen molar-refractivity contribution < 1.29 is 42.1 Å². The molecular formula is C62H122NO8P. The number of nitrogens with zero attached hydrogens (tertiary/aromatic N) is 1. The minimum absolute atomic E-state index is 0.0288. The third-order valence-corrected chi connectivity index (χ3v) is 15.2. The lowest BCUT2D eigenvalue weighted by molar-refractivity contribution is -0.870. The van der Waals surface area contributed by atoms with E-state index in [1.165, 1.54) is 238 Å². The van der Waals surface area contributed by atoms with Crippen LogP contribution in [0.5, 0.6) is 0 Å². The Balaban J connectivity index is 3.96. The summed E-state index contributed by atoms with van der Waals surface area (Å²) in [5, 5.41) is 0. The number of carbonyl (C=O) groups is 2. The smallest absolute Gasteiger partial charge is 0.306 e. The van der Waals surface area contributed by atoms with E-state index in [0.717, 1.165) is 51.4 Å². The standard InChI is InChI=1S/C62H122NO8P/c1-6-8-10-12-14-16-18-20-22-24-25-26-27-28-29-30-31-32-33-34-35-36-37-38-39-41-42-44-46-48-50-52-54-61(64)68-58-60(59-70-72(66,67)69-57-56-63(3,4)5)71-62(65)55-53-51-49-47-45-43-40-23-21-19-17-15-13-11-9-7-2/h23,40,60H,6-22,24-39,41-59H2,1-5H3/b40-23-. The third kappa shape index (κ3) is 58.0. The van der Waals surface area contributed by atoms with E-state index in [1.54, 1.807) is 0 Å². The number of rotatable bonds is 59. The topological polar surface area (TPSA) is 111 Å². The molecule has 9 nitrogen and oxygen atoms in total. The van der Waals surface area contributed by atoms with E-state index < -0.39 is 26.5 Å². The van der Waals surface area contributed by atoms with Crippen LogP contribution in [0.4, 0.5) is 0 Å². The maximum absolute atomic E-state index is 12.8. The van der Waals surface area contributed by atoms with E-state index in [-0.39, 0.29) is 32.0 Å². The number of allylic oxidation sites excluding steroid dienone is 2. The predicted molar refractivity (Wildman–Crippen MR) is 305 cm³/mol. The monoisotopic (exact) mass is 1040 g/mol. The molecule has 0 aliphatic rings. The molecule has 0 aromatic carbocycles. The Hall–Kier alpha value is -1.25. The van der Waals surface area contributed by atoms with E-state index in [9.17, 15) is 19.0 Å². The number of esters is 2. The highest BCUT2D eigenvalue weighted by molar-refractivity contribution is 7.45. The molecule has 0 aliphatic carbocycles.